The van der Waals surface area contributed by atoms with Crippen molar-refractivity contribution >= 4 is 108 Å². The average molecular weight is 1340 g/mol. The van der Waals surface area contributed by atoms with Gasteiger partial charge in [-0.1, -0.05) is 187 Å². The highest BCUT2D eigenvalue weighted by molar-refractivity contribution is 6.28. The van der Waals surface area contributed by atoms with E-state index in [-0.39, 0.29) is 71.0 Å². The molecular weight excluding hydrogens is 1260 g/mol. The lowest BCUT2D eigenvalue weighted by Crippen LogP contribution is -2.38. The lowest BCUT2D eigenvalue weighted by Gasteiger charge is -2.22. The van der Waals surface area contributed by atoms with Crippen LogP contribution in [-0.4, -0.2) is 107 Å². The zero-order valence-corrected chi connectivity index (χ0v) is 57.2. The van der Waals surface area contributed by atoms with E-state index < -0.39 is 18.3 Å². The van der Waals surface area contributed by atoms with Gasteiger partial charge in [0.15, 0.2) is 5.78 Å². The molecule has 0 saturated carbocycles. The van der Waals surface area contributed by atoms with Gasteiger partial charge in [0.05, 0.1) is 30.2 Å². The monoisotopic (exact) mass is 1340 g/mol. The molecule has 1 unspecified atom stereocenters. The first-order valence-electron chi connectivity index (χ1n) is 32.5. The van der Waals surface area contributed by atoms with Crippen molar-refractivity contribution in [1.82, 2.24) is 44.9 Å². The van der Waals surface area contributed by atoms with Gasteiger partial charge in [-0.25, -0.2) is 59.0 Å². The molecule has 0 spiro atoms. The Morgan fingerprint density at radius 3 is 1.09 bits per heavy atom. The third kappa shape index (κ3) is 17.4. The van der Waals surface area contributed by atoms with E-state index in [0.717, 1.165) is 22.1 Å². The molecular formula is C75H80ClN15O7. The Hall–Kier alpha value is -10.8. The summed E-state index contributed by atoms with van der Waals surface area (Å²) in [7, 11) is 0. The highest BCUT2D eigenvalue weighted by Gasteiger charge is 2.40. The number of nitrogens with zero attached hydrogens (tertiary/aromatic N) is 12. The van der Waals surface area contributed by atoms with Crippen molar-refractivity contribution in [3.8, 4) is 0 Å². The summed E-state index contributed by atoms with van der Waals surface area (Å²) in [5, 5.41) is 16.3. The molecule has 98 heavy (non-hydrogen) atoms. The van der Waals surface area contributed by atoms with Crippen LogP contribution in [0.3, 0.4) is 0 Å². The molecule has 3 aliphatic heterocycles. The lowest BCUT2D eigenvalue weighted by atomic mass is 10.0. The topological polar surface area (TPSA) is 272 Å². The van der Waals surface area contributed by atoms with Crippen molar-refractivity contribution in [2.75, 3.05) is 45.2 Å². The maximum atomic E-state index is 12.2. The number of carbonyl (C=O) groups is 4. The van der Waals surface area contributed by atoms with E-state index in [9.17, 15) is 19.2 Å². The second kappa shape index (κ2) is 32.3. The van der Waals surface area contributed by atoms with Crippen LogP contribution in [-0.2, 0) is 14.2 Å². The van der Waals surface area contributed by atoms with Crippen LogP contribution in [0.5, 0.6) is 0 Å². The summed E-state index contributed by atoms with van der Waals surface area (Å²) < 4.78 is 15.4. The second-order valence-corrected chi connectivity index (χ2v) is 25.3. The van der Waals surface area contributed by atoms with Crippen molar-refractivity contribution in [3.05, 3.63) is 216 Å². The van der Waals surface area contributed by atoms with Gasteiger partial charge in [-0.3, -0.25) is 4.79 Å². The van der Waals surface area contributed by atoms with E-state index in [4.69, 9.17) is 31.5 Å². The summed E-state index contributed by atoms with van der Waals surface area (Å²) in [6.45, 7) is 20.9. The van der Waals surface area contributed by atoms with Crippen molar-refractivity contribution in [2.45, 2.75) is 105 Å². The molecule has 3 aromatic heterocycles. The standard InChI is InChI=1S/2C21H23N5O2.C12H13N.C12H10O.C9H11ClN4O2/c2*1-13(2)18-11-28-21(27)26(18)20-23-12-22-19(25-20)24-14(3)16-9-8-15-6-4-5-7-17(15)10-16;2*1-9(13)11-7-6-10-4-2-3-5-12(10)8-11;1-5(2)6-3-16-9(15)14(6)8-12-4-11-7(10)13-8/h2*4-10,12-14,18H,11H2,1-3H3,(H,22,23,24,25);2-9H,13H2,1H3;2-8H,1H3;4-6H,3H2,1-2H3/t14-,18+;14-,18-;;;6-/m01..1/s1. The number of anilines is 5. The molecule has 3 saturated heterocycles. The summed E-state index contributed by atoms with van der Waals surface area (Å²) in [6, 6.07) is 57.6. The van der Waals surface area contributed by atoms with Gasteiger partial charge < -0.3 is 30.6 Å². The van der Waals surface area contributed by atoms with Crippen LogP contribution in [0.1, 0.15) is 114 Å². The Labute approximate surface area is 574 Å². The molecule has 6 atom stereocenters. The molecule has 0 radical (unpaired) electrons. The maximum absolute atomic E-state index is 12.2. The van der Waals surface area contributed by atoms with E-state index in [1.54, 1.807) is 6.92 Å². The van der Waals surface area contributed by atoms with Crippen LogP contribution in [0.25, 0.3) is 43.1 Å². The fourth-order valence-corrected chi connectivity index (χ4v) is 11.3. The molecule has 14 rings (SSSR count). The molecule has 504 valence electrons. The zero-order valence-electron chi connectivity index (χ0n) is 56.4. The Bertz CT molecular complexity index is 4440. The number of aromatic nitrogens is 9. The highest BCUT2D eigenvalue weighted by atomic mass is 35.5. The Balaban J connectivity index is 0.000000138. The van der Waals surface area contributed by atoms with E-state index in [1.165, 1.54) is 76.9 Å². The number of rotatable bonds is 14. The van der Waals surface area contributed by atoms with Crippen molar-refractivity contribution < 1.29 is 33.4 Å². The van der Waals surface area contributed by atoms with Crippen molar-refractivity contribution in [3.63, 3.8) is 0 Å². The molecule has 11 aromatic rings. The molecule has 3 fully saturated rings. The van der Waals surface area contributed by atoms with Gasteiger partial charge in [0.1, 0.15) is 38.8 Å². The fourth-order valence-electron chi connectivity index (χ4n) is 11.2. The highest BCUT2D eigenvalue weighted by Crippen LogP contribution is 2.30. The molecule has 4 N–H and O–H groups in total. The number of carbonyl (C=O) groups excluding carboxylic acids is 4. The maximum Gasteiger partial charge on any atom is 0.417 e. The molecule has 22 nitrogen and oxygen atoms in total. The first kappa shape index (κ1) is 70.0. The summed E-state index contributed by atoms with van der Waals surface area (Å²) in [4.78, 5) is 88.6. The molecule has 23 heteroatoms. The summed E-state index contributed by atoms with van der Waals surface area (Å²) in [6.07, 6.45) is 2.83. The fraction of sp³-hybridized carbons (Fsp3) is 0.293. The Morgan fingerprint density at radius 2 is 0.745 bits per heavy atom. The Kier molecular flexibility index (Phi) is 23.0. The minimum Gasteiger partial charge on any atom is -0.447 e. The number of nitrogens with two attached hydrogens (primary N) is 1. The molecule has 8 aromatic carbocycles. The normalized spacial score (nSPS) is 16.6. The third-order valence-electron chi connectivity index (χ3n) is 17.0. The first-order valence-corrected chi connectivity index (χ1v) is 32.9. The van der Waals surface area contributed by atoms with Crippen LogP contribution >= 0.6 is 11.6 Å². The average Bonchev–Trinajstić information content (AvgIpc) is 1.55. The van der Waals surface area contributed by atoms with Gasteiger partial charge >= 0.3 is 18.3 Å². The van der Waals surface area contributed by atoms with Crippen LogP contribution in [0.2, 0.25) is 5.28 Å². The summed E-state index contributed by atoms with van der Waals surface area (Å²) in [5.74, 6) is 2.54. The van der Waals surface area contributed by atoms with Gasteiger partial charge in [0, 0.05) is 11.6 Å². The minimum atomic E-state index is -0.444. The third-order valence-corrected chi connectivity index (χ3v) is 17.2. The SMILES string of the molecule is CC(=O)c1ccc2ccccc2c1.CC(C)[C@H]1COC(=O)N1c1ncnc(Cl)n1.CC(C)[C@H]1COC(=O)N1c1ncnc(N[C@@H](C)c2ccc3ccccc3c2)n1.CC(C)[C@H]1COC(=O)N1c1ncnc(N[C@H](C)c2ccc3ccccc3c2)n1.CC(N)c1ccc2ccccc2c1. The second-order valence-electron chi connectivity index (χ2n) is 25.0. The van der Waals surface area contributed by atoms with Gasteiger partial charge in [0.2, 0.25) is 35.0 Å². The van der Waals surface area contributed by atoms with Crippen LogP contribution in [0.15, 0.2) is 189 Å². The molecule has 0 bridgehead atoms. The van der Waals surface area contributed by atoms with Gasteiger partial charge in [-0.2, -0.15) is 15.0 Å². The number of Topliss-reactive ketones (excluding diaryl/α,β-unsaturated/α-hetero) is 1. The number of nitrogens with one attached hydrogen (secondary N) is 2. The molecule has 3 amide bonds. The van der Waals surface area contributed by atoms with Crippen LogP contribution in [0.4, 0.5) is 44.1 Å². The van der Waals surface area contributed by atoms with Crippen molar-refractivity contribution in [1.29, 1.82) is 0 Å². The number of hydrogen-bond acceptors (Lipinski definition) is 19. The minimum absolute atomic E-state index is 0.00807. The number of fused-ring (bicyclic) bond motifs is 4. The Morgan fingerprint density at radius 1 is 0.429 bits per heavy atom. The quantitative estimate of drug-likeness (QED) is 0.0674. The number of cyclic esters (lactones) is 3. The summed E-state index contributed by atoms with van der Waals surface area (Å²) >= 11 is 5.66. The predicted molar refractivity (Wildman–Crippen MR) is 384 cm³/mol. The predicted octanol–water partition coefficient (Wildman–Crippen LogP) is 15.8. The lowest BCUT2D eigenvalue weighted by molar-refractivity contribution is 0.101. The number of ether oxygens (including phenoxy) is 3. The van der Waals surface area contributed by atoms with Gasteiger partial charge in [0.25, 0.3) is 0 Å². The number of benzene rings is 8. The van der Waals surface area contributed by atoms with Gasteiger partial charge in [-0.05, 0) is 141 Å². The van der Waals surface area contributed by atoms with Gasteiger partial charge in [-0.15, -0.1) is 0 Å². The first-order chi connectivity index (χ1) is 47.2. The molecule has 0 aliphatic carbocycles. The van der Waals surface area contributed by atoms with E-state index in [1.807, 2.05) is 127 Å². The molecule has 6 heterocycles. The number of hydrogen-bond donors (Lipinski definition) is 3. The van der Waals surface area contributed by atoms with E-state index in [2.05, 4.69) is 160 Å². The zero-order chi connectivity index (χ0) is 69.6. The summed E-state index contributed by atoms with van der Waals surface area (Å²) in [5.41, 5.74) is 10.0. The van der Waals surface area contributed by atoms with Crippen molar-refractivity contribution in [2.24, 2.45) is 23.5 Å². The largest absolute Gasteiger partial charge is 0.447 e. The number of ketones is 1. The van der Waals surface area contributed by atoms with E-state index >= 15 is 0 Å². The van der Waals surface area contributed by atoms with E-state index in [0.29, 0.717) is 43.6 Å². The van der Waals surface area contributed by atoms with Crippen LogP contribution < -0.4 is 31.1 Å². The smallest absolute Gasteiger partial charge is 0.417 e. The number of amides is 3. The molecule has 3 aliphatic rings. The number of halogens is 1. The van der Waals surface area contributed by atoms with Crippen LogP contribution in [0, 0.1) is 17.8 Å².